The molecule has 1 atom stereocenters. The predicted molar refractivity (Wildman–Crippen MR) is 82.0 cm³/mol. The van der Waals surface area contributed by atoms with E-state index in [-0.39, 0.29) is 6.10 Å². The molecule has 2 rings (SSSR count). The standard InChI is InChI=1S/C14H23ClN2OS/c1-11(13-3-4-14(15)19-13)16-7-2-8-17-9-5-12(18)6-10-17/h3-4,11-12,16,18H,2,5-10H2,1H3. The van der Waals surface area contributed by atoms with Crippen LogP contribution in [0.3, 0.4) is 0 Å². The van der Waals surface area contributed by atoms with Crippen LogP contribution in [0.5, 0.6) is 0 Å². The fourth-order valence-corrected chi connectivity index (χ4v) is 3.51. The summed E-state index contributed by atoms with van der Waals surface area (Å²) in [5, 5.41) is 13.0. The zero-order valence-electron chi connectivity index (χ0n) is 11.4. The van der Waals surface area contributed by atoms with Gasteiger partial charge >= 0.3 is 0 Å². The largest absolute Gasteiger partial charge is 0.393 e. The van der Waals surface area contributed by atoms with Gasteiger partial charge in [-0.2, -0.15) is 0 Å². The molecule has 0 radical (unpaired) electrons. The molecule has 0 aromatic carbocycles. The van der Waals surface area contributed by atoms with Gasteiger partial charge in [0.15, 0.2) is 0 Å². The Kier molecular flexibility index (Phi) is 6.10. The highest BCUT2D eigenvalue weighted by molar-refractivity contribution is 7.16. The van der Waals surface area contributed by atoms with Crippen molar-refractivity contribution in [2.24, 2.45) is 0 Å². The molecule has 0 bridgehead atoms. The van der Waals surface area contributed by atoms with E-state index in [0.29, 0.717) is 6.04 Å². The molecule has 0 amide bonds. The van der Waals surface area contributed by atoms with Crippen LogP contribution in [0.1, 0.15) is 37.1 Å². The van der Waals surface area contributed by atoms with Gasteiger partial charge in [0.2, 0.25) is 0 Å². The number of likely N-dealkylation sites (tertiary alicyclic amines) is 1. The number of hydrogen-bond acceptors (Lipinski definition) is 4. The third-order valence-electron chi connectivity index (χ3n) is 3.68. The zero-order chi connectivity index (χ0) is 13.7. The van der Waals surface area contributed by atoms with Crippen LogP contribution < -0.4 is 5.32 Å². The fraction of sp³-hybridized carbons (Fsp3) is 0.714. The first-order valence-electron chi connectivity index (χ1n) is 7.04. The molecule has 1 saturated heterocycles. The first-order chi connectivity index (χ1) is 9.15. The van der Waals surface area contributed by atoms with Crippen LogP contribution in [-0.4, -0.2) is 42.3 Å². The maximum Gasteiger partial charge on any atom is 0.0931 e. The van der Waals surface area contributed by atoms with Crippen molar-refractivity contribution in [3.05, 3.63) is 21.3 Å². The topological polar surface area (TPSA) is 35.5 Å². The lowest BCUT2D eigenvalue weighted by atomic mass is 10.1. The molecule has 3 nitrogen and oxygen atoms in total. The quantitative estimate of drug-likeness (QED) is 0.793. The first kappa shape index (κ1) is 15.3. The molecule has 1 aromatic rings. The summed E-state index contributed by atoms with van der Waals surface area (Å²) in [6, 6.07) is 4.43. The van der Waals surface area contributed by atoms with Crippen LogP contribution in [0, 0.1) is 0 Å². The number of aliphatic hydroxyl groups excluding tert-OH is 1. The summed E-state index contributed by atoms with van der Waals surface area (Å²) in [7, 11) is 0. The SMILES string of the molecule is CC(NCCCN1CCC(O)CC1)c1ccc(Cl)s1. The van der Waals surface area contributed by atoms with Crippen LogP contribution in [0.15, 0.2) is 12.1 Å². The van der Waals surface area contributed by atoms with E-state index in [1.165, 1.54) is 4.88 Å². The van der Waals surface area contributed by atoms with Gasteiger partial charge in [0.05, 0.1) is 10.4 Å². The van der Waals surface area contributed by atoms with Gasteiger partial charge in [-0.25, -0.2) is 0 Å². The number of nitrogens with zero attached hydrogens (tertiary/aromatic N) is 1. The Labute approximate surface area is 124 Å². The molecule has 19 heavy (non-hydrogen) atoms. The summed E-state index contributed by atoms with van der Waals surface area (Å²) in [6.07, 6.45) is 2.94. The van der Waals surface area contributed by atoms with Gasteiger partial charge in [-0.3, -0.25) is 0 Å². The minimum absolute atomic E-state index is 0.0713. The number of halogens is 1. The summed E-state index contributed by atoms with van der Waals surface area (Å²) in [6.45, 7) is 6.40. The van der Waals surface area contributed by atoms with Crippen molar-refractivity contribution in [2.45, 2.75) is 38.3 Å². The second kappa shape index (κ2) is 7.60. The fourth-order valence-electron chi connectivity index (χ4n) is 2.43. The van der Waals surface area contributed by atoms with Crippen molar-refractivity contribution in [2.75, 3.05) is 26.2 Å². The van der Waals surface area contributed by atoms with Crippen LogP contribution in [0.2, 0.25) is 4.34 Å². The van der Waals surface area contributed by atoms with E-state index in [0.717, 1.165) is 49.8 Å². The van der Waals surface area contributed by atoms with Crippen LogP contribution in [-0.2, 0) is 0 Å². The van der Waals surface area contributed by atoms with Gasteiger partial charge in [-0.15, -0.1) is 11.3 Å². The molecule has 0 saturated carbocycles. The minimum Gasteiger partial charge on any atom is -0.393 e. The van der Waals surface area contributed by atoms with E-state index in [1.54, 1.807) is 11.3 Å². The number of thiophene rings is 1. The molecule has 2 N–H and O–H groups in total. The molecular weight excluding hydrogens is 280 g/mol. The van der Waals surface area contributed by atoms with E-state index in [2.05, 4.69) is 23.2 Å². The lowest BCUT2D eigenvalue weighted by molar-refractivity contribution is 0.0820. The van der Waals surface area contributed by atoms with E-state index < -0.39 is 0 Å². The second-order valence-electron chi connectivity index (χ2n) is 5.24. The molecule has 1 aliphatic heterocycles. The lowest BCUT2D eigenvalue weighted by Crippen LogP contribution is -2.37. The van der Waals surface area contributed by atoms with Gasteiger partial charge in [-0.05, 0) is 51.4 Å². The maximum atomic E-state index is 9.45. The predicted octanol–water partition coefficient (Wildman–Crippen LogP) is 2.90. The smallest absolute Gasteiger partial charge is 0.0931 e. The second-order valence-corrected chi connectivity index (χ2v) is 6.99. The van der Waals surface area contributed by atoms with Gasteiger partial charge in [-0.1, -0.05) is 11.6 Å². The molecule has 1 fully saturated rings. The normalized spacial score (nSPS) is 19.7. The van der Waals surface area contributed by atoms with Gasteiger partial charge in [0, 0.05) is 24.0 Å². The van der Waals surface area contributed by atoms with Crippen LogP contribution >= 0.6 is 22.9 Å². The Morgan fingerprint density at radius 1 is 1.47 bits per heavy atom. The summed E-state index contributed by atoms with van der Waals surface area (Å²) >= 11 is 7.59. The molecule has 0 aliphatic carbocycles. The molecule has 108 valence electrons. The average molecular weight is 303 g/mol. The third kappa shape index (κ3) is 5.04. The number of hydrogen-bond donors (Lipinski definition) is 2. The molecule has 0 spiro atoms. The summed E-state index contributed by atoms with van der Waals surface area (Å²) in [5.41, 5.74) is 0. The van der Waals surface area contributed by atoms with E-state index in [1.807, 2.05) is 6.07 Å². The Balaban J connectivity index is 1.59. The molecule has 2 heterocycles. The Bertz CT molecular complexity index is 377. The Hall–Kier alpha value is -0.130. The molecule has 1 aliphatic rings. The number of rotatable bonds is 6. The van der Waals surface area contributed by atoms with Gasteiger partial charge < -0.3 is 15.3 Å². The zero-order valence-corrected chi connectivity index (χ0v) is 13.0. The van der Waals surface area contributed by atoms with E-state index in [9.17, 15) is 5.11 Å². The summed E-state index contributed by atoms with van der Waals surface area (Å²) in [5.74, 6) is 0. The van der Waals surface area contributed by atoms with Crippen molar-refractivity contribution in [1.82, 2.24) is 10.2 Å². The third-order valence-corrected chi connectivity index (χ3v) is 5.09. The van der Waals surface area contributed by atoms with Crippen LogP contribution in [0.4, 0.5) is 0 Å². The van der Waals surface area contributed by atoms with E-state index in [4.69, 9.17) is 11.6 Å². The highest BCUT2D eigenvalue weighted by Gasteiger charge is 2.16. The lowest BCUT2D eigenvalue weighted by Gasteiger charge is -2.29. The molecular formula is C14H23ClN2OS. The molecule has 1 unspecified atom stereocenters. The number of nitrogens with one attached hydrogen (secondary N) is 1. The van der Waals surface area contributed by atoms with Gasteiger partial charge in [0.25, 0.3) is 0 Å². The molecule has 5 heteroatoms. The average Bonchev–Trinajstić information content (AvgIpc) is 2.83. The van der Waals surface area contributed by atoms with Crippen molar-refractivity contribution < 1.29 is 5.11 Å². The highest BCUT2D eigenvalue weighted by atomic mass is 35.5. The molecule has 1 aromatic heterocycles. The maximum absolute atomic E-state index is 9.45. The van der Waals surface area contributed by atoms with Crippen molar-refractivity contribution in [1.29, 1.82) is 0 Å². The minimum atomic E-state index is -0.0713. The van der Waals surface area contributed by atoms with Gasteiger partial charge in [0.1, 0.15) is 0 Å². The van der Waals surface area contributed by atoms with Crippen molar-refractivity contribution >= 4 is 22.9 Å². The number of piperidine rings is 1. The Morgan fingerprint density at radius 2 is 2.21 bits per heavy atom. The monoisotopic (exact) mass is 302 g/mol. The highest BCUT2D eigenvalue weighted by Crippen LogP contribution is 2.26. The summed E-state index contributed by atoms with van der Waals surface area (Å²) in [4.78, 5) is 3.74. The van der Waals surface area contributed by atoms with E-state index >= 15 is 0 Å². The first-order valence-corrected chi connectivity index (χ1v) is 8.23. The number of aliphatic hydroxyl groups is 1. The van der Waals surface area contributed by atoms with Crippen molar-refractivity contribution in [3.63, 3.8) is 0 Å². The Morgan fingerprint density at radius 3 is 2.84 bits per heavy atom. The van der Waals surface area contributed by atoms with Crippen LogP contribution in [0.25, 0.3) is 0 Å². The summed E-state index contributed by atoms with van der Waals surface area (Å²) < 4.78 is 0.857. The van der Waals surface area contributed by atoms with Crippen molar-refractivity contribution in [3.8, 4) is 0 Å².